The number of pyridine rings is 1. The molecule has 1 aromatic heterocycles. The van der Waals surface area contributed by atoms with Crippen LogP contribution in [-0.4, -0.2) is 10.2 Å². The molecule has 0 radical (unpaired) electrons. The Hall–Kier alpha value is -1.77. The number of aromatic nitrogens is 1. The third-order valence-corrected chi connectivity index (χ3v) is 3.29. The Morgan fingerprint density at radius 2 is 1.72 bits per heavy atom. The van der Waals surface area contributed by atoms with Crippen molar-refractivity contribution in [1.29, 1.82) is 0 Å². The van der Waals surface area contributed by atoms with Crippen molar-refractivity contribution < 1.29 is 14.8 Å². The van der Waals surface area contributed by atoms with Crippen LogP contribution in [0.15, 0.2) is 24.4 Å². The van der Waals surface area contributed by atoms with Gasteiger partial charge in [-0.3, -0.25) is 0 Å². The van der Waals surface area contributed by atoms with Crippen molar-refractivity contribution in [2.24, 2.45) is 0 Å². The summed E-state index contributed by atoms with van der Waals surface area (Å²) in [6.07, 6.45) is 1.89. The predicted molar refractivity (Wildman–Crippen MR) is 71.9 cm³/mol. The third kappa shape index (κ3) is 2.01. The van der Waals surface area contributed by atoms with E-state index >= 15 is 0 Å². The largest absolute Gasteiger partial charge is 0.499 e. The molecule has 0 aliphatic rings. The van der Waals surface area contributed by atoms with Crippen LogP contribution in [0.25, 0.3) is 10.8 Å². The Bertz CT molecular complexity index is 589. The quantitative estimate of drug-likeness (QED) is 0.799. The molecule has 1 heterocycles. The molecule has 2 rings (SSSR count). The predicted octanol–water partition coefficient (Wildman–Crippen LogP) is 3.24. The van der Waals surface area contributed by atoms with E-state index in [0.717, 1.165) is 5.39 Å². The van der Waals surface area contributed by atoms with Crippen LogP contribution in [0.3, 0.4) is 0 Å². The van der Waals surface area contributed by atoms with Gasteiger partial charge in [-0.15, -0.1) is 0 Å². The molecule has 2 aromatic rings. The number of rotatable bonds is 2. The summed E-state index contributed by atoms with van der Waals surface area (Å²) in [7, 11) is 0. The number of hydrogen-bond acceptors (Lipinski definition) is 2. The molecule has 0 fully saturated rings. The number of fused-ring (bicyclic) bond motifs is 1. The molecule has 0 bridgehead atoms. The Kier molecular flexibility index (Phi) is 3.16. The molecule has 0 amide bonds. The van der Waals surface area contributed by atoms with Crippen LogP contribution in [0.2, 0.25) is 0 Å². The van der Waals surface area contributed by atoms with Gasteiger partial charge < -0.3 is 10.2 Å². The van der Waals surface area contributed by atoms with Crippen molar-refractivity contribution in [3.05, 3.63) is 30.0 Å². The van der Waals surface area contributed by atoms with Crippen LogP contribution in [0, 0.1) is 0 Å². The second-order valence-electron chi connectivity index (χ2n) is 5.30. The molecule has 1 aromatic carbocycles. The van der Waals surface area contributed by atoms with Crippen LogP contribution in [0.4, 0.5) is 0 Å². The van der Waals surface area contributed by atoms with Gasteiger partial charge in [0.1, 0.15) is 0 Å². The van der Waals surface area contributed by atoms with Crippen LogP contribution in [0.1, 0.15) is 45.2 Å². The fraction of sp³-hybridized carbons (Fsp3) is 0.400. The van der Waals surface area contributed by atoms with Crippen LogP contribution >= 0.6 is 0 Å². The molecule has 3 nitrogen and oxygen atoms in total. The van der Waals surface area contributed by atoms with E-state index in [2.05, 4.69) is 19.9 Å². The molecule has 18 heavy (non-hydrogen) atoms. The lowest BCUT2D eigenvalue weighted by Crippen LogP contribution is -2.35. The zero-order valence-corrected chi connectivity index (χ0v) is 11.3. The Morgan fingerprint density at radius 3 is 2.28 bits per heavy atom. The molecule has 0 spiro atoms. The van der Waals surface area contributed by atoms with Gasteiger partial charge in [0.25, 0.3) is 0 Å². The average molecular weight is 246 g/mol. The lowest BCUT2D eigenvalue weighted by molar-refractivity contribution is -0.720. The fourth-order valence-corrected chi connectivity index (χ4v) is 2.11. The van der Waals surface area contributed by atoms with Gasteiger partial charge in [0.15, 0.2) is 12.2 Å². The highest BCUT2D eigenvalue weighted by Gasteiger charge is 2.21. The summed E-state index contributed by atoms with van der Waals surface area (Å²) in [5, 5.41) is 21.6. The van der Waals surface area contributed by atoms with Gasteiger partial charge in [-0.25, -0.2) is 0 Å². The minimum absolute atomic E-state index is 0.0449. The smallest absolute Gasteiger partial charge is 0.409 e. The summed E-state index contributed by atoms with van der Waals surface area (Å²) in [6.45, 7) is 8.21. The summed E-state index contributed by atoms with van der Waals surface area (Å²) < 4.78 is 1.68. The van der Waals surface area contributed by atoms with E-state index in [-0.39, 0.29) is 17.7 Å². The van der Waals surface area contributed by atoms with Gasteiger partial charge in [-0.05, 0) is 37.5 Å². The van der Waals surface area contributed by atoms with Gasteiger partial charge in [0.05, 0.1) is 5.39 Å². The maximum Gasteiger partial charge on any atom is 0.409 e. The van der Waals surface area contributed by atoms with Gasteiger partial charge in [-0.1, -0.05) is 19.9 Å². The van der Waals surface area contributed by atoms with E-state index in [4.69, 9.17) is 0 Å². The zero-order chi connectivity index (χ0) is 13.4. The van der Waals surface area contributed by atoms with Gasteiger partial charge in [0, 0.05) is 5.39 Å². The fourth-order valence-electron chi connectivity index (χ4n) is 2.11. The van der Waals surface area contributed by atoms with E-state index in [9.17, 15) is 10.2 Å². The van der Waals surface area contributed by atoms with E-state index in [1.807, 2.05) is 32.2 Å². The number of nitrogens with zero attached hydrogens (tertiary/aromatic N) is 1. The minimum Gasteiger partial charge on any atom is -0.499 e. The molecule has 2 N–H and O–H groups in total. The summed E-state index contributed by atoms with van der Waals surface area (Å²) in [6, 6.07) is 6.02. The third-order valence-electron chi connectivity index (χ3n) is 3.29. The minimum atomic E-state index is -0.0743. The molecule has 0 aliphatic heterocycles. The van der Waals surface area contributed by atoms with Crippen LogP contribution in [-0.2, 0) is 0 Å². The summed E-state index contributed by atoms with van der Waals surface area (Å²) in [4.78, 5) is 0. The van der Waals surface area contributed by atoms with Gasteiger partial charge in [0.2, 0.25) is 5.75 Å². The zero-order valence-electron chi connectivity index (χ0n) is 11.3. The molecule has 0 atom stereocenters. The van der Waals surface area contributed by atoms with E-state index in [0.29, 0.717) is 11.3 Å². The van der Waals surface area contributed by atoms with Crippen molar-refractivity contribution >= 4 is 10.8 Å². The number of hydrogen-bond donors (Lipinski definition) is 2. The Labute approximate surface area is 107 Å². The maximum absolute atomic E-state index is 10.0. The normalized spacial score (nSPS) is 11.7. The first-order chi connectivity index (χ1) is 8.41. The molecule has 0 aliphatic carbocycles. The first-order valence-corrected chi connectivity index (χ1v) is 6.31. The average Bonchev–Trinajstić information content (AvgIpc) is 2.32. The first kappa shape index (κ1) is 12.7. The maximum atomic E-state index is 10.0. The van der Waals surface area contributed by atoms with Crippen molar-refractivity contribution in [3.63, 3.8) is 0 Å². The second kappa shape index (κ2) is 4.48. The molecule has 0 saturated heterocycles. The summed E-state index contributed by atoms with van der Waals surface area (Å²) in [5.74, 6) is 0.323. The number of aromatic hydroxyl groups is 2. The SMILES string of the molecule is CC(C)c1ccc2c(O)c(O)[n+](C(C)C)cc2c1. The van der Waals surface area contributed by atoms with Crippen molar-refractivity contribution in [2.45, 2.75) is 39.7 Å². The number of benzene rings is 1. The molecule has 3 heteroatoms. The molecular formula is C15H20NO2+. The van der Waals surface area contributed by atoms with E-state index < -0.39 is 0 Å². The van der Waals surface area contributed by atoms with Crippen LogP contribution < -0.4 is 4.57 Å². The van der Waals surface area contributed by atoms with E-state index in [1.165, 1.54) is 5.56 Å². The van der Waals surface area contributed by atoms with E-state index in [1.54, 1.807) is 4.57 Å². The molecule has 96 valence electrons. The van der Waals surface area contributed by atoms with Gasteiger partial charge >= 0.3 is 5.88 Å². The highest BCUT2D eigenvalue weighted by Crippen LogP contribution is 2.32. The first-order valence-electron chi connectivity index (χ1n) is 6.31. The van der Waals surface area contributed by atoms with Crippen molar-refractivity contribution in [1.82, 2.24) is 0 Å². The Morgan fingerprint density at radius 1 is 1.06 bits per heavy atom. The second-order valence-corrected chi connectivity index (χ2v) is 5.30. The summed E-state index contributed by atoms with van der Waals surface area (Å²) in [5.41, 5.74) is 1.22. The van der Waals surface area contributed by atoms with Crippen LogP contribution in [0.5, 0.6) is 11.6 Å². The standard InChI is InChI=1S/C15H19NO2/c1-9(2)11-5-6-13-12(7-11)8-16(10(3)4)15(18)14(13)17/h5-10,17H,1-4H3/p+1. The highest BCUT2D eigenvalue weighted by molar-refractivity contribution is 5.88. The van der Waals surface area contributed by atoms with Gasteiger partial charge in [-0.2, -0.15) is 4.57 Å². The lowest BCUT2D eigenvalue weighted by Gasteiger charge is -2.09. The highest BCUT2D eigenvalue weighted by atomic mass is 16.3. The topological polar surface area (TPSA) is 44.3 Å². The molecular weight excluding hydrogens is 226 g/mol. The van der Waals surface area contributed by atoms with Crippen molar-refractivity contribution in [2.75, 3.05) is 0 Å². The van der Waals surface area contributed by atoms with Crippen molar-refractivity contribution in [3.8, 4) is 11.6 Å². The Balaban J connectivity index is 2.75. The monoisotopic (exact) mass is 246 g/mol. The molecule has 0 unspecified atom stereocenters. The lowest BCUT2D eigenvalue weighted by atomic mass is 10.00. The molecule has 0 saturated carbocycles. The summed E-state index contributed by atoms with van der Waals surface area (Å²) >= 11 is 0.